The summed E-state index contributed by atoms with van der Waals surface area (Å²) in [6.07, 6.45) is -1.72. The van der Waals surface area contributed by atoms with Gasteiger partial charge in [-0.1, -0.05) is 12.1 Å². The molecular formula is C22H23F3N2O3. The number of hydrogen-bond acceptors (Lipinski definition) is 5. The Balaban J connectivity index is 1.35. The molecule has 0 aromatic heterocycles. The number of alkyl halides is 3. The quantitative estimate of drug-likeness (QED) is 0.814. The van der Waals surface area contributed by atoms with Gasteiger partial charge in [-0.3, -0.25) is 4.90 Å². The number of anilines is 1. The number of fused-ring (bicyclic) bond motifs is 1. The molecule has 2 aliphatic heterocycles. The second-order valence-corrected chi connectivity index (χ2v) is 7.36. The Morgan fingerprint density at radius 2 is 1.80 bits per heavy atom. The Hall–Kier alpha value is -2.71. The molecule has 0 amide bonds. The molecule has 1 atom stereocenters. The van der Waals surface area contributed by atoms with Crippen LogP contribution in [0, 0.1) is 0 Å². The molecule has 0 saturated carbocycles. The maximum absolute atomic E-state index is 13.0. The third-order valence-corrected chi connectivity index (χ3v) is 5.32. The Labute approximate surface area is 172 Å². The molecule has 5 nitrogen and oxygen atoms in total. The number of nitrogens with zero attached hydrogens (tertiary/aromatic N) is 2. The molecule has 2 aromatic carbocycles. The summed E-state index contributed by atoms with van der Waals surface area (Å²) >= 11 is 0. The van der Waals surface area contributed by atoms with Crippen LogP contribution >= 0.6 is 0 Å². The molecule has 2 aliphatic rings. The van der Waals surface area contributed by atoms with Crippen LogP contribution in [-0.4, -0.2) is 49.3 Å². The highest BCUT2D eigenvalue weighted by Gasteiger charge is 2.31. The minimum atomic E-state index is -4.35. The van der Waals surface area contributed by atoms with E-state index in [0.29, 0.717) is 56.5 Å². The van der Waals surface area contributed by atoms with Crippen molar-refractivity contribution in [2.45, 2.75) is 12.3 Å². The van der Waals surface area contributed by atoms with E-state index in [0.717, 1.165) is 11.6 Å². The van der Waals surface area contributed by atoms with E-state index in [1.165, 1.54) is 12.1 Å². The third-order valence-electron chi connectivity index (χ3n) is 5.32. The average molecular weight is 420 g/mol. The minimum absolute atomic E-state index is 0.436. The van der Waals surface area contributed by atoms with E-state index in [1.807, 2.05) is 11.0 Å². The van der Waals surface area contributed by atoms with Crippen LogP contribution in [0.3, 0.4) is 0 Å². The fraction of sp³-hybridized carbons (Fsp3) is 0.364. The molecule has 8 heteroatoms. The summed E-state index contributed by atoms with van der Waals surface area (Å²) in [6, 6.07) is 10.8. The highest BCUT2D eigenvalue weighted by Crippen LogP contribution is 2.33. The van der Waals surface area contributed by atoms with Gasteiger partial charge in [-0.05, 0) is 42.0 Å². The van der Waals surface area contributed by atoms with Gasteiger partial charge in [0.05, 0.1) is 17.9 Å². The predicted octanol–water partition coefficient (Wildman–Crippen LogP) is 3.85. The van der Waals surface area contributed by atoms with Gasteiger partial charge in [0.25, 0.3) is 0 Å². The lowest BCUT2D eigenvalue weighted by Crippen LogP contribution is -2.47. The first-order valence-electron chi connectivity index (χ1n) is 9.81. The molecule has 0 bridgehead atoms. The van der Waals surface area contributed by atoms with Crippen LogP contribution in [0.5, 0.6) is 11.5 Å². The van der Waals surface area contributed by atoms with Crippen LogP contribution in [0.15, 0.2) is 54.8 Å². The van der Waals surface area contributed by atoms with Crippen LogP contribution in [0.25, 0.3) is 0 Å². The van der Waals surface area contributed by atoms with Gasteiger partial charge in [0, 0.05) is 38.4 Å². The number of aliphatic hydroxyl groups excluding tert-OH is 1. The number of benzene rings is 2. The molecular weight excluding hydrogens is 397 g/mol. The lowest BCUT2D eigenvalue weighted by atomic mass is 10.1. The summed E-state index contributed by atoms with van der Waals surface area (Å²) in [5.41, 5.74) is 0.663. The molecule has 2 heterocycles. The Morgan fingerprint density at radius 3 is 2.57 bits per heavy atom. The first kappa shape index (κ1) is 20.6. The third kappa shape index (κ3) is 4.71. The van der Waals surface area contributed by atoms with E-state index < -0.39 is 17.8 Å². The standard InChI is InChI=1S/C22H23F3N2O3/c23-22(24,25)17-3-1-4-18(14-17)27-9-7-26(8-10-27)15-19(28)16-5-6-20-21(13-16)30-12-2-11-29-20/h1-6,12-14,19,28H,7-11,15H2. The van der Waals surface area contributed by atoms with Crippen molar-refractivity contribution in [1.82, 2.24) is 4.90 Å². The molecule has 1 N–H and O–H groups in total. The van der Waals surface area contributed by atoms with E-state index >= 15 is 0 Å². The van der Waals surface area contributed by atoms with Crippen LogP contribution in [0.4, 0.5) is 18.9 Å². The normalized spacial score (nSPS) is 18.2. The SMILES string of the molecule is OC(CN1CCN(c2cccc(C(F)(F)F)c2)CC1)c1ccc2c(c1)OC=CCO2. The number of aliphatic hydroxyl groups is 1. The van der Waals surface area contributed by atoms with Crippen molar-refractivity contribution in [3.05, 3.63) is 65.9 Å². The number of hydrogen-bond donors (Lipinski definition) is 1. The monoisotopic (exact) mass is 420 g/mol. The molecule has 0 spiro atoms. The highest BCUT2D eigenvalue weighted by atomic mass is 19.4. The second-order valence-electron chi connectivity index (χ2n) is 7.36. The van der Waals surface area contributed by atoms with Crippen LogP contribution < -0.4 is 14.4 Å². The highest BCUT2D eigenvalue weighted by molar-refractivity contribution is 5.50. The maximum atomic E-state index is 13.0. The van der Waals surface area contributed by atoms with Crippen molar-refractivity contribution in [1.29, 1.82) is 0 Å². The summed E-state index contributed by atoms with van der Waals surface area (Å²) in [5.74, 6) is 1.19. The Kier molecular flexibility index (Phi) is 5.87. The minimum Gasteiger partial charge on any atom is -0.485 e. The molecule has 2 aromatic rings. The number of halogens is 3. The van der Waals surface area contributed by atoms with Crippen molar-refractivity contribution >= 4 is 5.69 Å². The summed E-state index contributed by atoms with van der Waals surface area (Å²) in [4.78, 5) is 4.05. The van der Waals surface area contributed by atoms with Crippen molar-refractivity contribution in [3.8, 4) is 11.5 Å². The number of piperazine rings is 1. The molecule has 30 heavy (non-hydrogen) atoms. The lowest BCUT2D eigenvalue weighted by molar-refractivity contribution is -0.137. The van der Waals surface area contributed by atoms with E-state index in [-0.39, 0.29) is 0 Å². The number of rotatable bonds is 4. The molecule has 1 unspecified atom stereocenters. The van der Waals surface area contributed by atoms with Gasteiger partial charge < -0.3 is 19.5 Å². The van der Waals surface area contributed by atoms with Gasteiger partial charge in [-0.2, -0.15) is 13.2 Å². The van der Waals surface area contributed by atoms with Gasteiger partial charge in [0.2, 0.25) is 0 Å². The van der Waals surface area contributed by atoms with Crippen molar-refractivity contribution < 1.29 is 27.8 Å². The van der Waals surface area contributed by atoms with Gasteiger partial charge in [-0.15, -0.1) is 0 Å². The molecule has 0 aliphatic carbocycles. The fourth-order valence-electron chi connectivity index (χ4n) is 3.66. The molecule has 160 valence electrons. The maximum Gasteiger partial charge on any atom is 0.416 e. The summed E-state index contributed by atoms with van der Waals surface area (Å²) in [7, 11) is 0. The van der Waals surface area contributed by atoms with E-state index in [1.54, 1.807) is 30.5 Å². The van der Waals surface area contributed by atoms with Crippen molar-refractivity contribution in [3.63, 3.8) is 0 Å². The zero-order valence-corrected chi connectivity index (χ0v) is 16.3. The largest absolute Gasteiger partial charge is 0.485 e. The molecule has 0 radical (unpaired) electrons. The summed E-state index contributed by atoms with van der Waals surface area (Å²) in [5, 5.41) is 10.7. The predicted molar refractivity (Wildman–Crippen MR) is 107 cm³/mol. The Morgan fingerprint density at radius 1 is 1.00 bits per heavy atom. The smallest absolute Gasteiger partial charge is 0.416 e. The van der Waals surface area contributed by atoms with Crippen LogP contribution in [-0.2, 0) is 6.18 Å². The van der Waals surface area contributed by atoms with E-state index in [4.69, 9.17) is 9.47 Å². The van der Waals surface area contributed by atoms with Gasteiger partial charge in [0.15, 0.2) is 11.5 Å². The Bertz CT molecular complexity index is 909. The number of ether oxygens (including phenoxy) is 2. The molecule has 4 rings (SSSR count). The topological polar surface area (TPSA) is 45.2 Å². The van der Waals surface area contributed by atoms with E-state index in [2.05, 4.69) is 4.90 Å². The molecule has 1 saturated heterocycles. The lowest BCUT2D eigenvalue weighted by Gasteiger charge is -2.37. The van der Waals surface area contributed by atoms with Crippen LogP contribution in [0.2, 0.25) is 0 Å². The zero-order valence-electron chi connectivity index (χ0n) is 16.3. The van der Waals surface area contributed by atoms with Crippen molar-refractivity contribution in [2.24, 2.45) is 0 Å². The number of β-amino-alcohol motifs (C(OH)–C–C–N with tert-alkyl or cyclic N) is 1. The van der Waals surface area contributed by atoms with Crippen LogP contribution in [0.1, 0.15) is 17.2 Å². The van der Waals surface area contributed by atoms with E-state index in [9.17, 15) is 18.3 Å². The summed E-state index contributed by atoms with van der Waals surface area (Å²) < 4.78 is 49.9. The van der Waals surface area contributed by atoms with Crippen molar-refractivity contribution in [2.75, 3.05) is 44.2 Å². The summed E-state index contributed by atoms with van der Waals surface area (Å²) in [6.45, 7) is 3.37. The first-order chi connectivity index (χ1) is 14.4. The fourth-order valence-corrected chi connectivity index (χ4v) is 3.66. The molecule has 1 fully saturated rings. The van der Waals surface area contributed by atoms with Gasteiger partial charge in [0.1, 0.15) is 6.61 Å². The second kappa shape index (κ2) is 8.57. The zero-order chi connectivity index (χ0) is 21.1. The van der Waals surface area contributed by atoms with Gasteiger partial charge in [-0.25, -0.2) is 0 Å². The first-order valence-corrected chi connectivity index (χ1v) is 9.81. The average Bonchev–Trinajstić information content (AvgIpc) is 2.98. The van der Waals surface area contributed by atoms with Gasteiger partial charge >= 0.3 is 6.18 Å².